The minimum atomic E-state index is -0.981. The van der Waals surface area contributed by atoms with E-state index >= 15 is 0 Å². The van der Waals surface area contributed by atoms with Crippen LogP contribution in [0.5, 0.6) is 0 Å². The lowest BCUT2D eigenvalue weighted by Crippen LogP contribution is -2.51. The minimum Gasteiger partial charge on any atom is -0.480 e. The molecule has 0 aliphatic heterocycles. The maximum absolute atomic E-state index is 12.4. The summed E-state index contributed by atoms with van der Waals surface area (Å²) in [6.45, 7) is 12.3. The van der Waals surface area contributed by atoms with Crippen LogP contribution in [0.15, 0.2) is 0 Å². The zero-order chi connectivity index (χ0) is 15.4. The van der Waals surface area contributed by atoms with Gasteiger partial charge in [0.05, 0.1) is 0 Å². The second kappa shape index (κ2) is 6.78. The van der Waals surface area contributed by atoms with Gasteiger partial charge in [-0.15, -0.1) is 0 Å². The van der Waals surface area contributed by atoms with Gasteiger partial charge in [0.15, 0.2) is 0 Å². The van der Waals surface area contributed by atoms with Gasteiger partial charge in [-0.25, -0.2) is 4.79 Å². The Morgan fingerprint density at radius 1 is 1.16 bits per heavy atom. The molecule has 5 nitrogen and oxygen atoms in total. The lowest BCUT2D eigenvalue weighted by atomic mass is 9.87. The molecule has 2 amide bonds. The number of carbonyl (C=O) groups excluding carboxylic acids is 1. The number of amides is 2. The molecule has 0 saturated heterocycles. The van der Waals surface area contributed by atoms with Crippen LogP contribution >= 0.6 is 0 Å². The van der Waals surface area contributed by atoms with Gasteiger partial charge in [-0.3, -0.25) is 4.79 Å². The molecule has 0 spiro atoms. The fourth-order valence-corrected chi connectivity index (χ4v) is 1.78. The normalized spacial score (nSPS) is 13.3. The van der Waals surface area contributed by atoms with Crippen LogP contribution in [0.3, 0.4) is 0 Å². The molecule has 0 bridgehead atoms. The number of urea groups is 1. The molecular weight excluding hydrogens is 244 g/mol. The van der Waals surface area contributed by atoms with Gasteiger partial charge in [0.1, 0.15) is 6.54 Å². The van der Waals surface area contributed by atoms with Gasteiger partial charge >= 0.3 is 12.0 Å². The molecule has 0 aromatic rings. The van der Waals surface area contributed by atoms with E-state index in [1.165, 1.54) is 4.90 Å². The maximum atomic E-state index is 12.4. The number of hydrogen-bond donors (Lipinski definition) is 1. The third kappa shape index (κ3) is 5.94. The van der Waals surface area contributed by atoms with E-state index in [1.54, 1.807) is 11.9 Å². The number of carboxylic acid groups (broad SMARTS) is 1. The van der Waals surface area contributed by atoms with Crippen molar-refractivity contribution in [2.24, 2.45) is 11.3 Å². The van der Waals surface area contributed by atoms with E-state index in [9.17, 15) is 9.59 Å². The van der Waals surface area contributed by atoms with Gasteiger partial charge in [-0.1, -0.05) is 34.6 Å². The molecule has 19 heavy (non-hydrogen) atoms. The van der Waals surface area contributed by atoms with Gasteiger partial charge in [0.2, 0.25) is 0 Å². The standard InChI is InChI=1S/C14H28N2O3/c1-10(2)8-16(9-12(17)18)13(19)15(7)11(3)14(4,5)6/h10-11H,8-9H2,1-7H3,(H,17,18). The number of nitrogens with zero attached hydrogens (tertiary/aromatic N) is 2. The predicted octanol–water partition coefficient (Wildman–Crippen LogP) is 2.52. The van der Waals surface area contributed by atoms with Crippen molar-refractivity contribution >= 4 is 12.0 Å². The van der Waals surface area contributed by atoms with Gasteiger partial charge in [-0.05, 0) is 18.3 Å². The van der Waals surface area contributed by atoms with E-state index in [4.69, 9.17) is 5.11 Å². The Labute approximate surface area is 116 Å². The van der Waals surface area contributed by atoms with Crippen LogP contribution in [-0.4, -0.2) is 53.1 Å². The van der Waals surface area contributed by atoms with Crippen LogP contribution in [0.25, 0.3) is 0 Å². The number of hydrogen-bond acceptors (Lipinski definition) is 2. The lowest BCUT2D eigenvalue weighted by Gasteiger charge is -2.38. The highest BCUT2D eigenvalue weighted by molar-refractivity contribution is 5.80. The number of carboxylic acids is 1. The van der Waals surface area contributed by atoms with Crippen molar-refractivity contribution in [3.8, 4) is 0 Å². The second-order valence-corrected chi connectivity index (χ2v) is 6.60. The molecule has 0 aromatic carbocycles. The van der Waals surface area contributed by atoms with Crippen LogP contribution in [-0.2, 0) is 4.79 Å². The minimum absolute atomic E-state index is 0.0310. The zero-order valence-corrected chi connectivity index (χ0v) is 13.2. The van der Waals surface area contributed by atoms with E-state index in [0.29, 0.717) is 6.54 Å². The highest BCUT2D eigenvalue weighted by Crippen LogP contribution is 2.23. The number of carbonyl (C=O) groups is 2. The summed E-state index contributed by atoms with van der Waals surface area (Å²) in [5.41, 5.74) is -0.0445. The molecule has 1 unspecified atom stereocenters. The number of aliphatic carboxylic acids is 1. The summed E-state index contributed by atoms with van der Waals surface area (Å²) in [6.07, 6.45) is 0. The van der Waals surface area contributed by atoms with Crippen molar-refractivity contribution in [1.82, 2.24) is 9.80 Å². The Kier molecular flexibility index (Phi) is 6.33. The monoisotopic (exact) mass is 272 g/mol. The van der Waals surface area contributed by atoms with Crippen molar-refractivity contribution in [1.29, 1.82) is 0 Å². The average Bonchev–Trinajstić information content (AvgIpc) is 2.22. The molecule has 0 heterocycles. The van der Waals surface area contributed by atoms with Crippen LogP contribution in [0, 0.1) is 11.3 Å². The molecule has 112 valence electrons. The van der Waals surface area contributed by atoms with Gasteiger partial charge < -0.3 is 14.9 Å². The highest BCUT2D eigenvalue weighted by Gasteiger charge is 2.30. The van der Waals surface area contributed by atoms with Gasteiger partial charge in [0.25, 0.3) is 0 Å². The first kappa shape index (κ1) is 17.7. The smallest absolute Gasteiger partial charge is 0.323 e. The largest absolute Gasteiger partial charge is 0.480 e. The van der Waals surface area contributed by atoms with Crippen LogP contribution in [0.1, 0.15) is 41.5 Å². The Hall–Kier alpha value is -1.26. The molecular formula is C14H28N2O3. The van der Waals surface area contributed by atoms with E-state index in [1.807, 2.05) is 20.8 Å². The molecule has 0 rings (SSSR count). The van der Waals surface area contributed by atoms with Crippen molar-refractivity contribution in [2.75, 3.05) is 20.1 Å². The first-order valence-corrected chi connectivity index (χ1v) is 6.70. The third-order valence-electron chi connectivity index (χ3n) is 3.32. The van der Waals surface area contributed by atoms with Crippen LogP contribution < -0.4 is 0 Å². The third-order valence-corrected chi connectivity index (χ3v) is 3.32. The molecule has 1 N–H and O–H groups in total. The summed E-state index contributed by atoms with van der Waals surface area (Å²) in [5, 5.41) is 8.91. The lowest BCUT2D eigenvalue weighted by molar-refractivity contribution is -0.137. The molecule has 0 aromatic heterocycles. The summed E-state index contributed by atoms with van der Waals surface area (Å²) < 4.78 is 0. The molecule has 1 atom stereocenters. The van der Waals surface area contributed by atoms with Crippen molar-refractivity contribution in [2.45, 2.75) is 47.6 Å². The maximum Gasteiger partial charge on any atom is 0.323 e. The van der Waals surface area contributed by atoms with Crippen LogP contribution in [0.2, 0.25) is 0 Å². The Balaban J connectivity index is 4.92. The summed E-state index contributed by atoms with van der Waals surface area (Å²) >= 11 is 0. The van der Waals surface area contributed by atoms with Gasteiger partial charge in [-0.2, -0.15) is 0 Å². The zero-order valence-electron chi connectivity index (χ0n) is 13.2. The van der Waals surface area contributed by atoms with Gasteiger partial charge in [0, 0.05) is 19.6 Å². The molecule has 0 fully saturated rings. The quantitative estimate of drug-likeness (QED) is 0.836. The van der Waals surface area contributed by atoms with Crippen molar-refractivity contribution in [3.63, 3.8) is 0 Å². The first-order valence-electron chi connectivity index (χ1n) is 6.70. The van der Waals surface area contributed by atoms with Crippen molar-refractivity contribution in [3.05, 3.63) is 0 Å². The molecule has 0 aliphatic rings. The summed E-state index contributed by atoms with van der Waals surface area (Å²) in [7, 11) is 1.73. The second-order valence-electron chi connectivity index (χ2n) is 6.60. The topological polar surface area (TPSA) is 60.9 Å². The predicted molar refractivity (Wildman–Crippen MR) is 76.1 cm³/mol. The number of rotatable bonds is 5. The fraction of sp³-hybridized carbons (Fsp3) is 0.857. The van der Waals surface area contributed by atoms with E-state index in [-0.39, 0.29) is 30.0 Å². The molecule has 0 saturated carbocycles. The molecule has 0 radical (unpaired) electrons. The van der Waals surface area contributed by atoms with Crippen molar-refractivity contribution < 1.29 is 14.7 Å². The van der Waals surface area contributed by atoms with E-state index < -0.39 is 5.97 Å². The summed E-state index contributed by atoms with van der Waals surface area (Å²) in [5.74, 6) is -0.743. The Morgan fingerprint density at radius 3 is 1.95 bits per heavy atom. The fourth-order valence-electron chi connectivity index (χ4n) is 1.78. The summed E-state index contributed by atoms with van der Waals surface area (Å²) in [6, 6.07) is -0.193. The van der Waals surface area contributed by atoms with E-state index in [2.05, 4.69) is 20.8 Å². The molecule has 0 aliphatic carbocycles. The average molecular weight is 272 g/mol. The molecule has 5 heteroatoms. The summed E-state index contributed by atoms with van der Waals surface area (Å²) in [4.78, 5) is 26.3. The SMILES string of the molecule is CC(C)CN(CC(=O)O)C(=O)N(C)C(C)C(C)(C)C. The first-order chi connectivity index (χ1) is 8.46. The van der Waals surface area contributed by atoms with E-state index in [0.717, 1.165) is 0 Å². The highest BCUT2D eigenvalue weighted by atomic mass is 16.4. The van der Waals surface area contributed by atoms with Crippen LogP contribution in [0.4, 0.5) is 4.79 Å². The Morgan fingerprint density at radius 2 is 1.63 bits per heavy atom. The Bertz CT molecular complexity index is 321.